The number of nitrogens with zero attached hydrogens (tertiary/aromatic N) is 2. The van der Waals surface area contributed by atoms with Crippen LogP contribution < -0.4 is 0 Å². The summed E-state index contributed by atoms with van der Waals surface area (Å²) in [6.45, 7) is 13.1. The van der Waals surface area contributed by atoms with Crippen LogP contribution in [0.1, 0.15) is 39.2 Å². The number of ether oxygens (including phenoxy) is 2. The second-order valence-corrected chi connectivity index (χ2v) is 10.8. The van der Waals surface area contributed by atoms with E-state index in [1.54, 1.807) is 11.0 Å². The van der Waals surface area contributed by atoms with E-state index in [9.17, 15) is 19.5 Å². The van der Waals surface area contributed by atoms with Crippen molar-refractivity contribution in [1.29, 1.82) is 0 Å². The number of hydrogen-bond donors (Lipinski definition) is 1. The van der Waals surface area contributed by atoms with Crippen LogP contribution in [0.5, 0.6) is 0 Å². The van der Waals surface area contributed by atoms with Crippen molar-refractivity contribution in [2.45, 2.75) is 69.4 Å². The fraction of sp³-hybridized carbons (Fsp3) is 0.552. The Morgan fingerprint density at radius 2 is 1.95 bits per heavy atom. The summed E-state index contributed by atoms with van der Waals surface area (Å²) in [5, 5.41) is 10.5. The van der Waals surface area contributed by atoms with E-state index in [1.165, 1.54) is 11.0 Å². The number of rotatable bonds is 11. The predicted octanol–water partition coefficient (Wildman–Crippen LogP) is 2.51. The monoisotopic (exact) mass is 510 g/mol. The maximum absolute atomic E-state index is 14.3. The van der Waals surface area contributed by atoms with E-state index >= 15 is 0 Å². The first-order valence-electron chi connectivity index (χ1n) is 13.0. The van der Waals surface area contributed by atoms with Gasteiger partial charge in [0, 0.05) is 12.6 Å². The first-order valence-corrected chi connectivity index (χ1v) is 13.0. The van der Waals surface area contributed by atoms with Crippen LogP contribution in [0, 0.1) is 11.8 Å². The molecule has 0 aliphatic carbocycles. The zero-order valence-electron chi connectivity index (χ0n) is 22.0. The van der Waals surface area contributed by atoms with Gasteiger partial charge in [0.15, 0.2) is 0 Å². The number of likely N-dealkylation sites (tertiary alicyclic amines) is 1. The van der Waals surface area contributed by atoms with E-state index in [1.807, 2.05) is 51.1 Å². The molecule has 200 valence electrons. The number of fused-ring (bicyclic) bond motifs is 1. The second-order valence-electron chi connectivity index (χ2n) is 10.8. The lowest BCUT2D eigenvalue weighted by Crippen LogP contribution is -2.60. The van der Waals surface area contributed by atoms with E-state index in [-0.39, 0.29) is 31.1 Å². The summed E-state index contributed by atoms with van der Waals surface area (Å²) in [7, 11) is 0. The quantitative estimate of drug-likeness (QED) is 0.363. The van der Waals surface area contributed by atoms with Gasteiger partial charge in [-0.1, -0.05) is 49.1 Å². The molecule has 0 aromatic heterocycles. The van der Waals surface area contributed by atoms with Crippen molar-refractivity contribution >= 4 is 17.8 Å². The van der Waals surface area contributed by atoms with Gasteiger partial charge in [-0.2, -0.15) is 0 Å². The molecule has 37 heavy (non-hydrogen) atoms. The van der Waals surface area contributed by atoms with Gasteiger partial charge in [-0.3, -0.25) is 14.4 Å². The average molecular weight is 511 g/mol. The van der Waals surface area contributed by atoms with Crippen molar-refractivity contribution in [2.24, 2.45) is 11.8 Å². The first kappa shape index (κ1) is 27.1. The molecular formula is C29H38N2O6. The van der Waals surface area contributed by atoms with Crippen molar-refractivity contribution in [3.63, 3.8) is 0 Å². The fourth-order valence-electron chi connectivity index (χ4n) is 6.61. The summed E-state index contributed by atoms with van der Waals surface area (Å²) in [6, 6.07) is 7.75. The number of hydrogen-bond acceptors (Lipinski definition) is 6. The van der Waals surface area contributed by atoms with Gasteiger partial charge in [-0.15, -0.1) is 6.58 Å². The Labute approximate surface area is 218 Å². The van der Waals surface area contributed by atoms with Gasteiger partial charge < -0.3 is 24.4 Å². The average Bonchev–Trinajstić information content (AvgIpc) is 3.45. The molecule has 2 unspecified atom stereocenters. The summed E-state index contributed by atoms with van der Waals surface area (Å²) in [5.41, 5.74) is -1.17. The molecule has 0 saturated carbocycles. The molecule has 8 heteroatoms. The third-order valence-electron chi connectivity index (χ3n) is 8.20. The van der Waals surface area contributed by atoms with Crippen molar-refractivity contribution in [3.8, 4) is 0 Å². The summed E-state index contributed by atoms with van der Waals surface area (Å²) < 4.78 is 12.0. The minimum atomic E-state index is -1.18. The first-order chi connectivity index (χ1) is 17.6. The molecule has 3 aliphatic heterocycles. The largest absolute Gasteiger partial charge is 0.461 e. The van der Waals surface area contributed by atoms with Gasteiger partial charge in [0.2, 0.25) is 11.8 Å². The van der Waals surface area contributed by atoms with Gasteiger partial charge >= 0.3 is 5.97 Å². The van der Waals surface area contributed by atoms with E-state index < -0.39 is 41.1 Å². The molecular weight excluding hydrogens is 472 g/mol. The fourth-order valence-corrected chi connectivity index (χ4v) is 6.61. The Morgan fingerprint density at radius 3 is 2.54 bits per heavy atom. The molecule has 1 aromatic carbocycles. The highest BCUT2D eigenvalue weighted by Crippen LogP contribution is 2.63. The molecule has 0 radical (unpaired) electrons. The minimum absolute atomic E-state index is 0.0269. The standard InChI is InChI=1S/C29H38N2O6/c1-6-15-30(19(3)4)26(34)24-29-14-13-28(5,37-29)23(27(35)36-16-7-2)22(29)25(33)31(24)21(18-32)17-20-11-9-8-10-12-20/h6-12,19,21-24,32H,1-2,13-18H2,3-5H3/t21-,22+,23+,24?,28-,29?/m1/s1. The van der Waals surface area contributed by atoms with Gasteiger partial charge in [0.25, 0.3) is 0 Å². The number of amides is 2. The molecule has 8 nitrogen and oxygen atoms in total. The highest BCUT2D eigenvalue weighted by Gasteiger charge is 2.79. The summed E-state index contributed by atoms with van der Waals surface area (Å²) in [4.78, 5) is 45.0. The van der Waals surface area contributed by atoms with E-state index in [4.69, 9.17) is 9.47 Å². The van der Waals surface area contributed by atoms with Crippen LogP contribution in [0.2, 0.25) is 0 Å². The number of carbonyl (C=O) groups excluding carboxylic acids is 3. The molecule has 3 fully saturated rings. The third kappa shape index (κ3) is 4.40. The zero-order valence-corrected chi connectivity index (χ0v) is 22.0. The number of carbonyl (C=O) groups is 3. The van der Waals surface area contributed by atoms with Crippen LogP contribution in [0.4, 0.5) is 0 Å². The molecule has 1 N–H and O–H groups in total. The maximum Gasteiger partial charge on any atom is 0.313 e. The van der Waals surface area contributed by atoms with E-state index in [0.717, 1.165) is 5.56 Å². The lowest BCUT2D eigenvalue weighted by atomic mass is 9.66. The van der Waals surface area contributed by atoms with Crippen LogP contribution in [0.15, 0.2) is 55.6 Å². The lowest BCUT2D eigenvalue weighted by Gasteiger charge is -2.40. The topological polar surface area (TPSA) is 96.4 Å². The lowest BCUT2D eigenvalue weighted by molar-refractivity contribution is -0.161. The number of esters is 1. The van der Waals surface area contributed by atoms with Crippen LogP contribution in [-0.4, -0.2) is 81.8 Å². The molecule has 3 saturated heterocycles. The highest BCUT2D eigenvalue weighted by atomic mass is 16.6. The van der Waals surface area contributed by atoms with Crippen molar-refractivity contribution in [2.75, 3.05) is 19.8 Å². The molecule has 2 bridgehead atoms. The Hall–Kier alpha value is -2.97. The molecule has 3 aliphatic rings. The summed E-state index contributed by atoms with van der Waals surface area (Å²) >= 11 is 0. The summed E-state index contributed by atoms with van der Waals surface area (Å²) in [5.74, 6) is -2.86. The van der Waals surface area contributed by atoms with Gasteiger partial charge in [0.1, 0.15) is 24.2 Å². The molecule has 6 atom stereocenters. The molecule has 2 amide bonds. The van der Waals surface area contributed by atoms with Crippen LogP contribution in [0.3, 0.4) is 0 Å². The van der Waals surface area contributed by atoms with Crippen molar-refractivity contribution in [1.82, 2.24) is 9.80 Å². The van der Waals surface area contributed by atoms with Crippen LogP contribution in [-0.2, 0) is 30.3 Å². The van der Waals surface area contributed by atoms with E-state index in [0.29, 0.717) is 25.8 Å². The van der Waals surface area contributed by atoms with E-state index in [2.05, 4.69) is 13.2 Å². The SMILES string of the molecule is C=CCOC(=O)[C@@H]1[C@H]2C(=O)N([C@@H](CO)Cc3ccccc3)C(C(=O)N(CC=C)C(C)C)C23CC[C@@]1(C)O3. The zero-order chi connectivity index (χ0) is 27.0. The van der Waals surface area contributed by atoms with Crippen LogP contribution >= 0.6 is 0 Å². The number of aliphatic hydroxyl groups excluding tert-OH is 1. The van der Waals surface area contributed by atoms with Gasteiger partial charge in [-0.25, -0.2) is 0 Å². The maximum atomic E-state index is 14.3. The molecule has 3 heterocycles. The normalized spacial score (nSPS) is 30.8. The second kappa shape index (κ2) is 10.4. The summed E-state index contributed by atoms with van der Waals surface area (Å²) in [6.07, 6.45) is 4.49. The van der Waals surface area contributed by atoms with Crippen molar-refractivity contribution < 1.29 is 29.0 Å². The van der Waals surface area contributed by atoms with Crippen LogP contribution in [0.25, 0.3) is 0 Å². The Morgan fingerprint density at radius 1 is 1.24 bits per heavy atom. The minimum Gasteiger partial charge on any atom is -0.461 e. The Balaban J connectivity index is 1.81. The molecule has 4 rings (SSSR count). The molecule has 1 aromatic rings. The molecule has 1 spiro atoms. The van der Waals surface area contributed by atoms with Gasteiger partial charge in [-0.05, 0) is 45.6 Å². The van der Waals surface area contributed by atoms with Crippen molar-refractivity contribution in [3.05, 3.63) is 61.2 Å². The van der Waals surface area contributed by atoms with Gasteiger partial charge in [0.05, 0.1) is 24.2 Å². The predicted molar refractivity (Wildman–Crippen MR) is 138 cm³/mol. The number of benzene rings is 1. The Bertz CT molecular complexity index is 1060. The Kier molecular flexibility index (Phi) is 7.62. The smallest absolute Gasteiger partial charge is 0.313 e. The number of aliphatic hydroxyl groups is 1. The third-order valence-corrected chi connectivity index (χ3v) is 8.20. The highest BCUT2D eigenvalue weighted by molar-refractivity contribution is 5.98.